The van der Waals surface area contributed by atoms with Crippen LogP contribution in [0.15, 0.2) is 55.1 Å². The first-order valence-corrected chi connectivity index (χ1v) is 7.71. The topological polar surface area (TPSA) is 58.2 Å². The third-order valence-electron chi connectivity index (χ3n) is 3.54. The van der Waals surface area contributed by atoms with Gasteiger partial charge in [-0.1, -0.05) is 24.8 Å². The van der Waals surface area contributed by atoms with Gasteiger partial charge in [0.15, 0.2) is 0 Å². The molecule has 0 saturated heterocycles. The highest BCUT2D eigenvalue weighted by Gasteiger charge is 2.07. The molecule has 0 radical (unpaired) electrons. The fraction of sp³-hybridized carbons (Fsp3) is 0.158. The quantitative estimate of drug-likeness (QED) is 0.757. The first-order chi connectivity index (χ1) is 12.0. The van der Waals surface area contributed by atoms with Crippen molar-refractivity contribution in [2.75, 3.05) is 5.32 Å². The zero-order valence-electron chi connectivity index (χ0n) is 13.5. The maximum atomic E-state index is 13.5. The number of carbonyl (C=O) groups is 2. The number of anilines is 1. The van der Waals surface area contributed by atoms with E-state index in [1.165, 1.54) is 12.1 Å². The van der Waals surface area contributed by atoms with Crippen molar-refractivity contribution >= 4 is 17.5 Å². The summed E-state index contributed by atoms with van der Waals surface area (Å²) < 4.78 is 26.3. The maximum absolute atomic E-state index is 13.5. The van der Waals surface area contributed by atoms with Gasteiger partial charge in [0.05, 0.1) is 0 Å². The van der Waals surface area contributed by atoms with E-state index in [4.69, 9.17) is 0 Å². The number of hydrogen-bond acceptors (Lipinski definition) is 2. The van der Waals surface area contributed by atoms with Crippen molar-refractivity contribution in [3.63, 3.8) is 0 Å². The largest absolute Gasteiger partial charge is 0.352 e. The fourth-order valence-electron chi connectivity index (χ4n) is 2.15. The first-order valence-electron chi connectivity index (χ1n) is 7.71. The van der Waals surface area contributed by atoms with Gasteiger partial charge in [0.2, 0.25) is 11.8 Å². The summed E-state index contributed by atoms with van der Waals surface area (Å²) in [6.45, 7) is 3.39. The Morgan fingerprint density at radius 1 is 1.08 bits per heavy atom. The summed E-state index contributed by atoms with van der Waals surface area (Å²) in [5, 5.41) is 5.24. The lowest BCUT2D eigenvalue weighted by Gasteiger charge is -2.07. The lowest BCUT2D eigenvalue weighted by Crippen LogP contribution is -2.23. The van der Waals surface area contributed by atoms with Gasteiger partial charge in [0.1, 0.15) is 11.6 Å². The molecule has 4 nitrogen and oxygen atoms in total. The molecule has 2 amide bonds. The lowest BCUT2D eigenvalue weighted by atomic mass is 10.1. The van der Waals surface area contributed by atoms with Gasteiger partial charge in [0, 0.05) is 30.3 Å². The number of aryl methyl sites for hydroxylation is 1. The predicted octanol–water partition coefficient (Wildman–Crippen LogP) is 3.34. The Labute approximate surface area is 144 Å². The van der Waals surface area contributed by atoms with Gasteiger partial charge in [0.25, 0.3) is 0 Å². The Balaban J connectivity index is 1.79. The van der Waals surface area contributed by atoms with E-state index in [1.807, 2.05) is 12.1 Å². The van der Waals surface area contributed by atoms with Crippen LogP contribution in [0.5, 0.6) is 0 Å². The molecule has 2 aromatic rings. The molecule has 0 saturated carbocycles. The molecular weight excluding hydrogens is 326 g/mol. The molecule has 0 aliphatic rings. The molecule has 2 N–H and O–H groups in total. The number of carbonyl (C=O) groups excluding carboxylic acids is 2. The Bertz CT molecular complexity index is 773. The molecule has 0 atom stereocenters. The standard InChI is InChI=1S/C19H18F2N2O2/c1-2-18(24)23-16-8-3-13(4-9-16)5-10-19(25)22-12-14-6-7-15(20)11-17(14)21/h2-4,6-9,11H,1,5,10,12H2,(H,22,25)(H,23,24). The SMILES string of the molecule is C=CC(=O)Nc1ccc(CCC(=O)NCc2ccc(F)cc2F)cc1. The van der Waals surface area contributed by atoms with Gasteiger partial charge in [-0.05, 0) is 36.3 Å². The minimum atomic E-state index is -0.683. The molecule has 0 unspecified atom stereocenters. The Kier molecular flexibility index (Phi) is 6.39. The van der Waals surface area contributed by atoms with Crippen LogP contribution in [0.25, 0.3) is 0 Å². The second kappa shape index (κ2) is 8.73. The van der Waals surface area contributed by atoms with Crippen molar-refractivity contribution in [3.8, 4) is 0 Å². The highest BCUT2D eigenvalue weighted by molar-refractivity contribution is 5.98. The number of amides is 2. The molecule has 0 aliphatic carbocycles. The van der Waals surface area contributed by atoms with Crippen molar-refractivity contribution in [2.45, 2.75) is 19.4 Å². The highest BCUT2D eigenvalue weighted by Crippen LogP contribution is 2.12. The number of halogens is 2. The van der Waals surface area contributed by atoms with Crippen LogP contribution in [0.3, 0.4) is 0 Å². The van der Waals surface area contributed by atoms with Crippen molar-refractivity contribution in [1.82, 2.24) is 5.32 Å². The Morgan fingerprint density at radius 3 is 2.44 bits per heavy atom. The third kappa shape index (κ3) is 5.84. The Morgan fingerprint density at radius 2 is 1.80 bits per heavy atom. The van der Waals surface area contributed by atoms with Crippen LogP contribution in [0.4, 0.5) is 14.5 Å². The first kappa shape index (κ1) is 18.3. The van der Waals surface area contributed by atoms with Crippen molar-refractivity contribution in [2.24, 2.45) is 0 Å². The van der Waals surface area contributed by atoms with Crippen LogP contribution in [0.1, 0.15) is 17.5 Å². The number of nitrogens with one attached hydrogen (secondary N) is 2. The fourth-order valence-corrected chi connectivity index (χ4v) is 2.15. The minimum Gasteiger partial charge on any atom is -0.352 e. The van der Waals surface area contributed by atoms with E-state index in [0.29, 0.717) is 12.1 Å². The summed E-state index contributed by atoms with van der Waals surface area (Å²) in [6.07, 6.45) is 1.93. The third-order valence-corrected chi connectivity index (χ3v) is 3.54. The van der Waals surface area contributed by atoms with E-state index in [9.17, 15) is 18.4 Å². The molecule has 0 heterocycles. The summed E-state index contributed by atoms with van der Waals surface area (Å²) >= 11 is 0. The van der Waals surface area contributed by atoms with E-state index >= 15 is 0 Å². The zero-order chi connectivity index (χ0) is 18.2. The van der Waals surface area contributed by atoms with Crippen LogP contribution in [0.2, 0.25) is 0 Å². The Hall–Kier alpha value is -3.02. The molecule has 0 aliphatic heterocycles. The molecular formula is C19H18F2N2O2. The summed E-state index contributed by atoms with van der Waals surface area (Å²) in [5.74, 6) is -1.86. The normalized spacial score (nSPS) is 10.2. The summed E-state index contributed by atoms with van der Waals surface area (Å²) in [5.41, 5.74) is 1.81. The van der Waals surface area contributed by atoms with Gasteiger partial charge in [-0.25, -0.2) is 8.78 Å². The van der Waals surface area contributed by atoms with Gasteiger partial charge in [-0.3, -0.25) is 9.59 Å². The average molecular weight is 344 g/mol. The maximum Gasteiger partial charge on any atom is 0.247 e. The molecule has 25 heavy (non-hydrogen) atoms. The molecule has 6 heteroatoms. The zero-order valence-corrected chi connectivity index (χ0v) is 13.5. The number of benzene rings is 2. The lowest BCUT2D eigenvalue weighted by molar-refractivity contribution is -0.121. The van der Waals surface area contributed by atoms with Gasteiger partial charge in [-0.2, -0.15) is 0 Å². The molecule has 130 valence electrons. The van der Waals surface area contributed by atoms with Gasteiger partial charge < -0.3 is 10.6 Å². The van der Waals surface area contributed by atoms with Crippen LogP contribution in [-0.4, -0.2) is 11.8 Å². The van der Waals surface area contributed by atoms with E-state index in [2.05, 4.69) is 17.2 Å². The van der Waals surface area contributed by atoms with E-state index in [1.54, 1.807) is 12.1 Å². The minimum absolute atomic E-state index is 0.0114. The van der Waals surface area contributed by atoms with Crippen LogP contribution >= 0.6 is 0 Å². The average Bonchev–Trinajstić information content (AvgIpc) is 2.60. The number of rotatable bonds is 7. The molecule has 2 aromatic carbocycles. The van der Waals surface area contributed by atoms with E-state index in [0.717, 1.165) is 17.7 Å². The highest BCUT2D eigenvalue weighted by atomic mass is 19.1. The van der Waals surface area contributed by atoms with Crippen LogP contribution in [0, 0.1) is 11.6 Å². The van der Waals surface area contributed by atoms with E-state index in [-0.39, 0.29) is 30.3 Å². The van der Waals surface area contributed by atoms with E-state index < -0.39 is 11.6 Å². The van der Waals surface area contributed by atoms with Gasteiger partial charge in [-0.15, -0.1) is 0 Å². The molecule has 2 rings (SSSR count). The van der Waals surface area contributed by atoms with Crippen molar-refractivity contribution < 1.29 is 18.4 Å². The van der Waals surface area contributed by atoms with Crippen LogP contribution < -0.4 is 10.6 Å². The second-order valence-electron chi connectivity index (χ2n) is 5.40. The molecule has 0 spiro atoms. The number of hydrogen-bond donors (Lipinski definition) is 2. The predicted molar refractivity (Wildman–Crippen MR) is 91.8 cm³/mol. The molecule has 0 fully saturated rings. The monoisotopic (exact) mass is 344 g/mol. The molecule has 0 bridgehead atoms. The second-order valence-corrected chi connectivity index (χ2v) is 5.40. The smallest absolute Gasteiger partial charge is 0.247 e. The van der Waals surface area contributed by atoms with Gasteiger partial charge >= 0.3 is 0 Å². The van der Waals surface area contributed by atoms with Crippen molar-refractivity contribution in [1.29, 1.82) is 0 Å². The molecule has 0 aromatic heterocycles. The summed E-state index contributed by atoms with van der Waals surface area (Å²) in [6, 6.07) is 10.3. The van der Waals surface area contributed by atoms with Crippen LogP contribution in [-0.2, 0) is 22.6 Å². The summed E-state index contributed by atoms with van der Waals surface area (Å²) in [7, 11) is 0. The van der Waals surface area contributed by atoms with Crippen molar-refractivity contribution in [3.05, 3.63) is 77.9 Å². The summed E-state index contributed by atoms with van der Waals surface area (Å²) in [4.78, 5) is 23.0.